The van der Waals surface area contributed by atoms with Gasteiger partial charge in [0.05, 0.1) is 11.3 Å². The molecule has 3 aromatic rings. The molecule has 0 saturated carbocycles. The van der Waals surface area contributed by atoms with E-state index in [1.807, 2.05) is 36.4 Å². The van der Waals surface area contributed by atoms with Gasteiger partial charge in [-0.25, -0.2) is 9.62 Å². The van der Waals surface area contributed by atoms with Crippen molar-refractivity contribution in [2.24, 2.45) is 10.4 Å². The molecule has 4 rings (SSSR count). The van der Waals surface area contributed by atoms with Crippen molar-refractivity contribution in [1.29, 1.82) is 0 Å². The number of aliphatic imine (C=N–C) groups is 1. The van der Waals surface area contributed by atoms with Gasteiger partial charge in [-0.15, -0.1) is 0 Å². The Morgan fingerprint density at radius 1 is 0.840 bits per heavy atom. The molecule has 0 unspecified atom stereocenters. The number of rotatable bonds is 2. The molecule has 2 aromatic carbocycles. The lowest BCUT2D eigenvalue weighted by atomic mass is 9.65. The van der Waals surface area contributed by atoms with Crippen molar-refractivity contribution in [3.63, 3.8) is 0 Å². The van der Waals surface area contributed by atoms with Gasteiger partial charge in [-0.3, -0.25) is 0 Å². The van der Waals surface area contributed by atoms with Gasteiger partial charge in [-0.2, -0.15) is 0 Å². The molecule has 5 heteroatoms. The van der Waals surface area contributed by atoms with Crippen molar-refractivity contribution in [2.45, 2.75) is 26.3 Å². The van der Waals surface area contributed by atoms with E-state index in [9.17, 15) is 0 Å². The van der Waals surface area contributed by atoms with Crippen molar-refractivity contribution >= 4 is 17.3 Å². The normalized spacial score (nSPS) is 21.6. The van der Waals surface area contributed by atoms with E-state index in [0.29, 0.717) is 11.6 Å². The molecule has 0 amide bonds. The van der Waals surface area contributed by atoms with E-state index in [1.165, 1.54) is 0 Å². The fraction of sp³-hybridized carbons (Fsp3) is 0.250. The predicted octanol–water partition coefficient (Wildman–Crippen LogP) is 4.56. The summed E-state index contributed by atoms with van der Waals surface area (Å²) in [6.45, 7) is 6.56. The minimum Gasteiger partial charge on any atom is -0.354 e. The van der Waals surface area contributed by atoms with E-state index in [0.717, 1.165) is 16.8 Å². The van der Waals surface area contributed by atoms with Crippen LogP contribution in [0, 0.1) is 5.41 Å². The second kappa shape index (κ2) is 5.55. The fourth-order valence-corrected chi connectivity index (χ4v) is 3.44. The Morgan fingerprint density at radius 3 is 2.16 bits per heavy atom. The number of nitrogens with one attached hydrogen (secondary N) is 1. The highest BCUT2D eigenvalue weighted by Gasteiger charge is 2.49. The Bertz CT molecular complexity index is 915. The van der Waals surface area contributed by atoms with Crippen LogP contribution < -0.4 is 5.32 Å². The first-order valence-corrected chi connectivity index (χ1v) is 8.33. The number of hydrogen-bond acceptors (Lipinski definition) is 5. The first kappa shape index (κ1) is 15.6. The monoisotopic (exact) mass is 332 g/mol. The van der Waals surface area contributed by atoms with Gasteiger partial charge < -0.3 is 5.32 Å². The Balaban J connectivity index is 1.98. The van der Waals surface area contributed by atoms with Crippen LogP contribution in [0.4, 0.5) is 11.6 Å². The molecule has 126 valence electrons. The summed E-state index contributed by atoms with van der Waals surface area (Å²) in [4.78, 5) is 4.83. The zero-order valence-electron chi connectivity index (χ0n) is 14.5. The number of anilines is 1. The number of benzene rings is 2. The van der Waals surface area contributed by atoms with Gasteiger partial charge in [0.1, 0.15) is 0 Å². The van der Waals surface area contributed by atoms with Gasteiger partial charge in [-0.05, 0) is 28.4 Å². The van der Waals surface area contributed by atoms with Gasteiger partial charge in [0, 0.05) is 5.41 Å². The smallest absolute Gasteiger partial charge is 0.241 e. The topological polar surface area (TPSA) is 63.3 Å². The molecule has 0 spiro atoms. The molecule has 0 aliphatic carbocycles. The number of nitrogens with zero attached hydrogens (tertiary/aromatic N) is 3. The average molecular weight is 332 g/mol. The zero-order chi connectivity index (χ0) is 17.5. The van der Waals surface area contributed by atoms with Crippen molar-refractivity contribution < 1.29 is 4.63 Å². The van der Waals surface area contributed by atoms with E-state index in [-0.39, 0.29) is 5.41 Å². The third kappa shape index (κ3) is 2.35. The molecule has 25 heavy (non-hydrogen) atoms. The van der Waals surface area contributed by atoms with E-state index in [1.54, 1.807) is 0 Å². The molecule has 1 aliphatic heterocycles. The molecule has 0 radical (unpaired) electrons. The van der Waals surface area contributed by atoms with E-state index < -0.39 is 5.54 Å². The third-order valence-corrected chi connectivity index (χ3v) is 5.30. The van der Waals surface area contributed by atoms with E-state index in [2.05, 4.69) is 60.7 Å². The molecule has 1 aromatic heterocycles. The fourth-order valence-electron chi connectivity index (χ4n) is 3.44. The molecule has 1 N–H and O–H groups in total. The van der Waals surface area contributed by atoms with Crippen molar-refractivity contribution in [2.75, 3.05) is 5.32 Å². The molecule has 1 aliphatic rings. The molecule has 0 saturated heterocycles. The summed E-state index contributed by atoms with van der Waals surface area (Å²) in [5, 5.41) is 11.5. The number of aromatic nitrogens is 2. The third-order valence-electron chi connectivity index (χ3n) is 5.30. The highest BCUT2D eigenvalue weighted by molar-refractivity contribution is 6.07. The summed E-state index contributed by atoms with van der Waals surface area (Å²) >= 11 is 0. The Morgan fingerprint density at radius 2 is 1.48 bits per heavy atom. The second-order valence-electron chi connectivity index (χ2n) is 7.00. The molecule has 0 fully saturated rings. The van der Waals surface area contributed by atoms with Crippen molar-refractivity contribution in [3.8, 4) is 0 Å². The van der Waals surface area contributed by atoms with Crippen LogP contribution in [-0.4, -0.2) is 16.0 Å². The Hall–Kier alpha value is -2.95. The lowest BCUT2D eigenvalue weighted by molar-refractivity contribution is 0.290. The van der Waals surface area contributed by atoms with Crippen LogP contribution in [-0.2, 0) is 5.54 Å². The van der Waals surface area contributed by atoms with Crippen LogP contribution >= 0.6 is 0 Å². The van der Waals surface area contributed by atoms with Crippen LogP contribution in [0.2, 0.25) is 0 Å². The van der Waals surface area contributed by atoms with Crippen LogP contribution in [0.25, 0.3) is 0 Å². The van der Waals surface area contributed by atoms with E-state index in [4.69, 9.17) is 9.62 Å². The lowest BCUT2D eigenvalue weighted by Crippen LogP contribution is -2.50. The van der Waals surface area contributed by atoms with E-state index >= 15 is 0 Å². The molecule has 2 heterocycles. The van der Waals surface area contributed by atoms with Crippen LogP contribution in [0.1, 0.15) is 31.9 Å². The summed E-state index contributed by atoms with van der Waals surface area (Å²) in [5.41, 5.74) is 2.37. The molecular weight excluding hydrogens is 312 g/mol. The first-order valence-electron chi connectivity index (χ1n) is 8.33. The quantitative estimate of drug-likeness (QED) is 0.747. The minimum absolute atomic E-state index is 0.342. The number of hydrogen-bond donors (Lipinski definition) is 1. The van der Waals surface area contributed by atoms with Gasteiger partial charge in [0.25, 0.3) is 0 Å². The summed E-state index contributed by atoms with van der Waals surface area (Å²) < 4.78 is 4.93. The summed E-state index contributed by atoms with van der Waals surface area (Å²) in [5.74, 6) is 1.04. The second-order valence-corrected chi connectivity index (χ2v) is 7.00. The van der Waals surface area contributed by atoms with Crippen molar-refractivity contribution in [1.82, 2.24) is 10.3 Å². The van der Waals surface area contributed by atoms with Gasteiger partial charge in [0.2, 0.25) is 11.6 Å². The average Bonchev–Trinajstić information content (AvgIpc) is 3.04. The first-order chi connectivity index (χ1) is 12.0. The Labute approximate surface area is 146 Å². The molecule has 5 nitrogen and oxygen atoms in total. The zero-order valence-corrected chi connectivity index (χ0v) is 14.5. The predicted molar refractivity (Wildman–Crippen MR) is 98.1 cm³/mol. The molecule has 0 bridgehead atoms. The van der Waals surface area contributed by atoms with Crippen LogP contribution in [0.15, 0.2) is 70.3 Å². The minimum atomic E-state index is -0.452. The highest BCUT2D eigenvalue weighted by atomic mass is 16.6. The standard InChI is InChI=1S/C20H20N4O/c1-19(2)16(14-10-6-4-7-11-14)21-17-18(24-25-23-17)22-20(19,3)15-12-8-5-9-13-15/h4-13H,1-3H3,(H,22,24)/t20-/m0/s1. The maximum atomic E-state index is 4.93. The maximum Gasteiger partial charge on any atom is 0.241 e. The highest BCUT2D eigenvalue weighted by Crippen LogP contribution is 2.48. The molecule has 1 atom stereocenters. The van der Waals surface area contributed by atoms with Crippen molar-refractivity contribution in [3.05, 3.63) is 71.8 Å². The number of fused-ring (bicyclic) bond motifs is 1. The van der Waals surface area contributed by atoms with Gasteiger partial charge in [0.15, 0.2) is 0 Å². The van der Waals surface area contributed by atoms with Gasteiger partial charge in [-0.1, -0.05) is 74.5 Å². The molecular formula is C20H20N4O. The summed E-state index contributed by atoms with van der Waals surface area (Å²) in [6.07, 6.45) is 0. The van der Waals surface area contributed by atoms with Crippen LogP contribution in [0.5, 0.6) is 0 Å². The maximum absolute atomic E-state index is 4.93. The summed E-state index contributed by atoms with van der Waals surface area (Å²) in [7, 11) is 0. The lowest BCUT2D eigenvalue weighted by Gasteiger charge is -2.45. The largest absolute Gasteiger partial charge is 0.354 e. The van der Waals surface area contributed by atoms with Gasteiger partial charge >= 0.3 is 0 Å². The Kier molecular flexibility index (Phi) is 3.46. The SMILES string of the molecule is CC1(C)C(c2ccccc2)=Nc2nonc2N[C@@]1(C)c1ccccc1. The summed E-state index contributed by atoms with van der Waals surface area (Å²) in [6, 6.07) is 20.6. The van der Waals surface area contributed by atoms with Crippen LogP contribution in [0.3, 0.4) is 0 Å².